The lowest BCUT2D eigenvalue weighted by molar-refractivity contribution is -0.164. The lowest BCUT2D eigenvalue weighted by atomic mass is 10.1. The molecule has 8 heteroatoms. The number of carboxylic acid groups (broad SMARTS) is 1. The summed E-state index contributed by atoms with van der Waals surface area (Å²) in [6, 6.07) is 1.29. The molecule has 0 spiro atoms. The summed E-state index contributed by atoms with van der Waals surface area (Å²) in [5.74, 6) is -6.36. The van der Waals surface area contributed by atoms with Crippen molar-refractivity contribution in [1.29, 1.82) is 0 Å². The van der Waals surface area contributed by atoms with Crippen LogP contribution >= 0.6 is 0 Å². The lowest BCUT2D eigenvalue weighted by Gasteiger charge is -2.11. The van der Waals surface area contributed by atoms with Crippen molar-refractivity contribution < 1.29 is 31.9 Å². The van der Waals surface area contributed by atoms with Crippen molar-refractivity contribution in [3.63, 3.8) is 0 Å². The number of hydrogen-bond donors (Lipinski definition) is 1. The number of rotatable bonds is 3. The highest BCUT2D eigenvalue weighted by Gasteiger charge is 2.39. The lowest BCUT2D eigenvalue weighted by Crippen LogP contribution is -2.30. The Bertz CT molecular complexity index is 412. The topological polar surface area (TPSA) is 50.2 Å². The second-order valence-electron chi connectivity index (χ2n) is 3.24. The summed E-state index contributed by atoms with van der Waals surface area (Å²) in [5.41, 5.74) is -1.51. The van der Waals surface area contributed by atoms with Gasteiger partial charge in [0.2, 0.25) is 0 Å². The number of nitrogens with zero attached hydrogens (tertiary/aromatic N) is 1. The number of hydrogen-bond acceptors (Lipinski definition) is 2. The molecular weight excluding hydrogens is 249 g/mol. The van der Waals surface area contributed by atoms with E-state index in [0.717, 1.165) is 6.07 Å². The van der Waals surface area contributed by atoms with Crippen LogP contribution in [-0.4, -0.2) is 22.0 Å². The van der Waals surface area contributed by atoms with Gasteiger partial charge in [-0.2, -0.15) is 22.0 Å². The molecule has 0 saturated heterocycles. The number of aromatic nitrogens is 1. The Kier molecular flexibility index (Phi) is 3.35. The summed E-state index contributed by atoms with van der Waals surface area (Å²) < 4.78 is 61.7. The van der Waals surface area contributed by atoms with E-state index < -0.39 is 30.2 Å². The summed E-state index contributed by atoms with van der Waals surface area (Å²) in [6.07, 6.45) is -5.28. The highest BCUT2D eigenvalue weighted by atomic mass is 19.4. The molecule has 1 rings (SSSR count). The summed E-state index contributed by atoms with van der Waals surface area (Å²) >= 11 is 0. The number of halogens is 5. The molecule has 1 heterocycles. The van der Waals surface area contributed by atoms with Gasteiger partial charge in [0.15, 0.2) is 0 Å². The maximum atomic E-state index is 12.7. The van der Waals surface area contributed by atoms with Crippen LogP contribution in [0.25, 0.3) is 0 Å². The SMILES string of the molecule is O=C(O)C(F)(F)Cc1ccc(C(F)(F)F)nc1. The van der Waals surface area contributed by atoms with Gasteiger partial charge in [-0.25, -0.2) is 4.79 Å². The zero-order valence-corrected chi connectivity index (χ0v) is 8.13. The number of carboxylic acids is 1. The first-order valence-corrected chi connectivity index (χ1v) is 4.26. The standard InChI is InChI=1S/C9H6F5NO2/c10-8(11,7(16)17)3-5-1-2-6(15-4-5)9(12,13)14/h1-2,4H,3H2,(H,16,17). The van der Waals surface area contributed by atoms with Gasteiger partial charge in [-0.1, -0.05) is 6.07 Å². The van der Waals surface area contributed by atoms with Gasteiger partial charge in [-0.3, -0.25) is 4.98 Å². The number of pyridine rings is 1. The molecule has 0 fully saturated rings. The molecule has 1 aromatic rings. The molecule has 0 aliphatic carbocycles. The molecule has 0 radical (unpaired) electrons. The van der Waals surface area contributed by atoms with Crippen molar-refractivity contribution in [1.82, 2.24) is 4.98 Å². The first kappa shape index (κ1) is 13.3. The molecule has 0 unspecified atom stereocenters. The first-order chi connectivity index (χ1) is 7.63. The van der Waals surface area contributed by atoms with Gasteiger partial charge in [0, 0.05) is 12.6 Å². The van der Waals surface area contributed by atoms with Gasteiger partial charge >= 0.3 is 18.1 Å². The largest absolute Gasteiger partial charge is 0.477 e. The van der Waals surface area contributed by atoms with Gasteiger partial charge in [-0.05, 0) is 11.6 Å². The van der Waals surface area contributed by atoms with E-state index in [0.29, 0.717) is 12.3 Å². The maximum absolute atomic E-state index is 12.7. The number of carbonyl (C=O) groups is 1. The van der Waals surface area contributed by atoms with E-state index in [-0.39, 0.29) is 5.56 Å². The maximum Gasteiger partial charge on any atom is 0.433 e. The third kappa shape index (κ3) is 3.36. The predicted octanol–water partition coefficient (Wildman–Crippen LogP) is 2.36. The summed E-state index contributed by atoms with van der Waals surface area (Å²) in [5, 5.41) is 8.14. The van der Waals surface area contributed by atoms with E-state index in [1.54, 1.807) is 0 Å². The quantitative estimate of drug-likeness (QED) is 0.843. The van der Waals surface area contributed by atoms with Crippen LogP contribution in [-0.2, 0) is 17.4 Å². The van der Waals surface area contributed by atoms with Gasteiger partial charge in [0.25, 0.3) is 0 Å². The minimum Gasteiger partial charge on any atom is -0.477 e. The number of aliphatic carboxylic acids is 1. The fourth-order valence-corrected chi connectivity index (χ4v) is 1.03. The molecule has 0 bridgehead atoms. The average Bonchev–Trinajstić information content (AvgIpc) is 2.16. The fraction of sp³-hybridized carbons (Fsp3) is 0.333. The minimum atomic E-state index is -4.66. The van der Waals surface area contributed by atoms with Gasteiger partial charge in [0.1, 0.15) is 5.69 Å². The summed E-state index contributed by atoms with van der Waals surface area (Å²) in [4.78, 5) is 13.0. The van der Waals surface area contributed by atoms with E-state index in [4.69, 9.17) is 5.11 Å². The predicted molar refractivity (Wildman–Crippen MR) is 45.5 cm³/mol. The van der Waals surface area contributed by atoms with Crippen LogP contribution in [0.5, 0.6) is 0 Å². The Morgan fingerprint density at radius 2 is 1.82 bits per heavy atom. The smallest absolute Gasteiger partial charge is 0.433 e. The van der Waals surface area contributed by atoms with Crippen LogP contribution < -0.4 is 0 Å². The Balaban J connectivity index is 2.86. The van der Waals surface area contributed by atoms with Crippen molar-refractivity contribution in [2.24, 2.45) is 0 Å². The summed E-state index contributed by atoms with van der Waals surface area (Å²) in [6.45, 7) is 0. The van der Waals surface area contributed by atoms with E-state index in [2.05, 4.69) is 4.98 Å². The molecule has 0 aliphatic rings. The monoisotopic (exact) mass is 255 g/mol. The van der Waals surface area contributed by atoms with E-state index in [9.17, 15) is 26.7 Å². The van der Waals surface area contributed by atoms with Crippen LogP contribution in [0.1, 0.15) is 11.3 Å². The molecule has 1 N–H and O–H groups in total. The third-order valence-electron chi connectivity index (χ3n) is 1.85. The molecule has 0 aromatic carbocycles. The second-order valence-corrected chi connectivity index (χ2v) is 3.24. The van der Waals surface area contributed by atoms with Crippen molar-refractivity contribution in [2.45, 2.75) is 18.5 Å². The molecule has 94 valence electrons. The third-order valence-corrected chi connectivity index (χ3v) is 1.85. The minimum absolute atomic E-state index is 0.287. The highest BCUT2D eigenvalue weighted by Crippen LogP contribution is 2.28. The Labute approximate surface area is 91.9 Å². The van der Waals surface area contributed by atoms with Gasteiger partial charge in [-0.15, -0.1) is 0 Å². The van der Waals surface area contributed by atoms with Crippen LogP contribution in [0.4, 0.5) is 22.0 Å². The molecule has 3 nitrogen and oxygen atoms in total. The normalized spacial score (nSPS) is 12.5. The van der Waals surface area contributed by atoms with Crippen molar-refractivity contribution in [2.75, 3.05) is 0 Å². The summed E-state index contributed by atoms with van der Waals surface area (Å²) in [7, 11) is 0. The zero-order valence-electron chi connectivity index (χ0n) is 8.13. The van der Waals surface area contributed by atoms with E-state index >= 15 is 0 Å². The Morgan fingerprint density at radius 3 is 2.18 bits per heavy atom. The fourth-order valence-electron chi connectivity index (χ4n) is 1.03. The van der Waals surface area contributed by atoms with Crippen molar-refractivity contribution in [3.05, 3.63) is 29.6 Å². The molecular formula is C9H6F5NO2. The van der Waals surface area contributed by atoms with Crippen LogP contribution in [0.15, 0.2) is 18.3 Å². The molecule has 17 heavy (non-hydrogen) atoms. The zero-order chi connectivity index (χ0) is 13.3. The van der Waals surface area contributed by atoms with Crippen LogP contribution in [0, 0.1) is 0 Å². The van der Waals surface area contributed by atoms with E-state index in [1.165, 1.54) is 0 Å². The van der Waals surface area contributed by atoms with E-state index in [1.807, 2.05) is 0 Å². The molecule has 0 aliphatic heterocycles. The first-order valence-electron chi connectivity index (χ1n) is 4.26. The molecule has 0 amide bonds. The van der Waals surface area contributed by atoms with Crippen molar-refractivity contribution >= 4 is 5.97 Å². The molecule has 0 atom stereocenters. The number of alkyl halides is 5. The van der Waals surface area contributed by atoms with Crippen LogP contribution in [0.2, 0.25) is 0 Å². The Hall–Kier alpha value is -1.73. The molecule has 0 saturated carbocycles. The van der Waals surface area contributed by atoms with Gasteiger partial charge < -0.3 is 5.11 Å². The second kappa shape index (κ2) is 4.27. The molecule has 1 aromatic heterocycles. The van der Waals surface area contributed by atoms with Gasteiger partial charge in [0.05, 0.1) is 0 Å². The average molecular weight is 255 g/mol. The van der Waals surface area contributed by atoms with Crippen LogP contribution in [0.3, 0.4) is 0 Å². The van der Waals surface area contributed by atoms with Crippen molar-refractivity contribution in [3.8, 4) is 0 Å². The Morgan fingerprint density at radius 1 is 1.24 bits per heavy atom. The highest BCUT2D eigenvalue weighted by molar-refractivity contribution is 5.75.